The van der Waals surface area contributed by atoms with Crippen molar-refractivity contribution in [1.29, 1.82) is 0 Å². The third-order valence-electron chi connectivity index (χ3n) is 4.09. The van der Waals surface area contributed by atoms with E-state index < -0.39 is 12.0 Å². The number of methoxy groups -OCH3 is 1. The second-order valence-electron chi connectivity index (χ2n) is 5.60. The van der Waals surface area contributed by atoms with Gasteiger partial charge in [-0.3, -0.25) is 4.90 Å². The highest BCUT2D eigenvalue weighted by Gasteiger charge is 2.35. The molecular weight excluding hydrogens is 356 g/mol. The Balaban J connectivity index is 2.14. The van der Waals surface area contributed by atoms with Crippen LogP contribution in [0.2, 0.25) is 5.02 Å². The molecule has 2 aromatic rings. The van der Waals surface area contributed by atoms with Crippen molar-refractivity contribution in [2.75, 3.05) is 12.0 Å². The summed E-state index contributed by atoms with van der Waals surface area (Å²) in [6.07, 6.45) is 0. The van der Waals surface area contributed by atoms with Crippen LogP contribution in [0.3, 0.4) is 0 Å². The minimum absolute atomic E-state index is 0.404. The standard InChI is InChI=1S/C19H17ClN2O2S/c1-12-16(18(23)24-2)17(13-7-6-8-14(20)11-13)21-19(25)22(12)15-9-4-3-5-10-15/h3-11,17H,1-2H3,(H,21,25)/t17-/m0/s1. The van der Waals surface area contributed by atoms with E-state index in [1.54, 1.807) is 6.07 Å². The molecule has 1 heterocycles. The Labute approximate surface area is 157 Å². The van der Waals surface area contributed by atoms with Gasteiger partial charge in [0, 0.05) is 16.4 Å². The predicted octanol–water partition coefficient (Wildman–Crippen LogP) is 4.22. The molecule has 1 atom stereocenters. The number of anilines is 1. The summed E-state index contributed by atoms with van der Waals surface area (Å²) < 4.78 is 5.02. The van der Waals surface area contributed by atoms with Gasteiger partial charge in [-0.25, -0.2) is 4.79 Å². The van der Waals surface area contributed by atoms with Gasteiger partial charge in [0.25, 0.3) is 0 Å². The minimum atomic E-state index is -0.418. The molecule has 0 aromatic heterocycles. The topological polar surface area (TPSA) is 41.6 Å². The largest absolute Gasteiger partial charge is 0.466 e. The molecule has 0 saturated carbocycles. The fourth-order valence-corrected chi connectivity index (χ4v) is 3.50. The van der Waals surface area contributed by atoms with Crippen LogP contribution in [-0.2, 0) is 9.53 Å². The SMILES string of the molecule is COC(=O)C1=C(C)N(c2ccccc2)C(=S)N[C@H]1c1cccc(Cl)c1. The molecule has 0 amide bonds. The number of benzene rings is 2. The molecule has 1 aliphatic rings. The van der Waals surface area contributed by atoms with E-state index in [0.717, 1.165) is 16.9 Å². The molecule has 1 aliphatic heterocycles. The Hall–Kier alpha value is -2.37. The van der Waals surface area contributed by atoms with E-state index in [4.69, 9.17) is 28.6 Å². The number of carbonyl (C=O) groups excluding carboxylic acids is 1. The number of carbonyl (C=O) groups is 1. The van der Waals surface area contributed by atoms with Crippen LogP contribution in [0.4, 0.5) is 5.69 Å². The van der Waals surface area contributed by atoms with E-state index in [2.05, 4.69) is 5.32 Å². The Morgan fingerprint density at radius 3 is 2.56 bits per heavy atom. The van der Waals surface area contributed by atoms with Crippen LogP contribution in [-0.4, -0.2) is 18.2 Å². The van der Waals surface area contributed by atoms with Gasteiger partial charge in [0.15, 0.2) is 5.11 Å². The molecule has 0 saturated heterocycles. The zero-order valence-electron chi connectivity index (χ0n) is 13.8. The second kappa shape index (κ2) is 7.25. The van der Waals surface area contributed by atoms with Crippen molar-refractivity contribution >= 4 is 40.6 Å². The average molecular weight is 373 g/mol. The molecular formula is C19H17ClN2O2S. The molecule has 1 N–H and O–H groups in total. The van der Waals surface area contributed by atoms with Gasteiger partial charge in [-0.05, 0) is 49.0 Å². The highest BCUT2D eigenvalue weighted by Crippen LogP contribution is 2.34. The quantitative estimate of drug-likeness (QED) is 0.645. The van der Waals surface area contributed by atoms with Crippen molar-refractivity contribution in [3.05, 3.63) is 76.5 Å². The summed E-state index contributed by atoms with van der Waals surface area (Å²) in [5.41, 5.74) is 2.96. The number of para-hydroxylation sites is 1. The lowest BCUT2D eigenvalue weighted by atomic mass is 9.95. The summed E-state index contributed by atoms with van der Waals surface area (Å²) in [5.74, 6) is -0.404. The van der Waals surface area contributed by atoms with Gasteiger partial charge in [-0.15, -0.1) is 0 Å². The number of allylic oxidation sites excluding steroid dienone is 1. The molecule has 3 rings (SSSR count). The Morgan fingerprint density at radius 1 is 1.20 bits per heavy atom. The first-order chi connectivity index (χ1) is 12.0. The lowest BCUT2D eigenvalue weighted by Gasteiger charge is -2.37. The highest BCUT2D eigenvalue weighted by molar-refractivity contribution is 7.80. The molecule has 25 heavy (non-hydrogen) atoms. The van der Waals surface area contributed by atoms with Crippen LogP contribution in [0.25, 0.3) is 0 Å². The van der Waals surface area contributed by atoms with E-state index in [9.17, 15) is 4.79 Å². The number of nitrogens with one attached hydrogen (secondary N) is 1. The van der Waals surface area contributed by atoms with Gasteiger partial charge >= 0.3 is 5.97 Å². The van der Waals surface area contributed by atoms with Crippen LogP contribution < -0.4 is 10.2 Å². The van der Waals surface area contributed by atoms with Crippen LogP contribution in [0.15, 0.2) is 65.9 Å². The number of ether oxygens (including phenoxy) is 1. The fraction of sp³-hybridized carbons (Fsp3) is 0.158. The molecule has 6 heteroatoms. The zero-order chi connectivity index (χ0) is 18.0. The lowest BCUT2D eigenvalue weighted by Crippen LogP contribution is -2.48. The normalized spacial score (nSPS) is 17.3. The number of hydrogen-bond donors (Lipinski definition) is 1. The smallest absolute Gasteiger partial charge is 0.337 e. The van der Waals surface area contributed by atoms with Gasteiger partial charge in [-0.1, -0.05) is 41.9 Å². The van der Waals surface area contributed by atoms with Crippen LogP contribution >= 0.6 is 23.8 Å². The minimum Gasteiger partial charge on any atom is -0.466 e. The fourth-order valence-electron chi connectivity index (χ4n) is 2.94. The van der Waals surface area contributed by atoms with Crippen LogP contribution in [0.5, 0.6) is 0 Å². The van der Waals surface area contributed by atoms with E-state index in [1.807, 2.05) is 60.4 Å². The molecule has 4 nitrogen and oxygen atoms in total. The van der Waals surface area contributed by atoms with E-state index in [-0.39, 0.29) is 0 Å². The highest BCUT2D eigenvalue weighted by atomic mass is 35.5. The van der Waals surface area contributed by atoms with Crippen molar-refractivity contribution in [3.8, 4) is 0 Å². The van der Waals surface area contributed by atoms with E-state index in [0.29, 0.717) is 15.7 Å². The average Bonchev–Trinajstić information content (AvgIpc) is 2.61. The first-order valence-corrected chi connectivity index (χ1v) is 8.51. The van der Waals surface area contributed by atoms with Crippen molar-refractivity contribution in [2.45, 2.75) is 13.0 Å². The summed E-state index contributed by atoms with van der Waals surface area (Å²) in [6, 6.07) is 16.6. The Bertz CT molecular complexity index is 852. The van der Waals surface area contributed by atoms with Gasteiger partial charge in [0.05, 0.1) is 18.7 Å². The third-order valence-corrected chi connectivity index (χ3v) is 4.62. The molecule has 0 bridgehead atoms. The number of esters is 1. The van der Waals surface area contributed by atoms with E-state index in [1.165, 1.54) is 7.11 Å². The van der Waals surface area contributed by atoms with Gasteiger partial charge < -0.3 is 10.1 Å². The lowest BCUT2D eigenvalue weighted by molar-refractivity contribution is -0.136. The Kier molecular flexibility index (Phi) is 5.06. The molecule has 0 fully saturated rings. The maximum Gasteiger partial charge on any atom is 0.337 e. The number of hydrogen-bond acceptors (Lipinski definition) is 3. The third kappa shape index (κ3) is 3.38. The predicted molar refractivity (Wildman–Crippen MR) is 104 cm³/mol. The first-order valence-electron chi connectivity index (χ1n) is 7.73. The number of rotatable bonds is 3. The maximum absolute atomic E-state index is 12.5. The molecule has 2 aromatic carbocycles. The summed E-state index contributed by atoms with van der Waals surface area (Å²) in [6.45, 7) is 1.87. The number of thiocarbonyl (C=S) groups is 1. The monoisotopic (exact) mass is 372 g/mol. The van der Waals surface area contributed by atoms with Crippen molar-refractivity contribution in [1.82, 2.24) is 5.32 Å². The maximum atomic E-state index is 12.5. The van der Waals surface area contributed by atoms with E-state index >= 15 is 0 Å². The summed E-state index contributed by atoms with van der Waals surface area (Å²) >= 11 is 11.7. The molecule has 0 aliphatic carbocycles. The molecule has 0 radical (unpaired) electrons. The van der Waals surface area contributed by atoms with Crippen molar-refractivity contribution in [3.63, 3.8) is 0 Å². The summed E-state index contributed by atoms with van der Waals surface area (Å²) in [4.78, 5) is 14.3. The number of halogens is 1. The van der Waals surface area contributed by atoms with Crippen molar-refractivity contribution in [2.24, 2.45) is 0 Å². The first kappa shape index (κ1) is 17.5. The molecule has 0 unspecified atom stereocenters. The number of nitrogens with zero attached hydrogens (tertiary/aromatic N) is 1. The van der Waals surface area contributed by atoms with Crippen LogP contribution in [0, 0.1) is 0 Å². The second-order valence-corrected chi connectivity index (χ2v) is 6.42. The summed E-state index contributed by atoms with van der Waals surface area (Å²) in [5, 5.41) is 4.35. The van der Waals surface area contributed by atoms with Crippen LogP contribution in [0.1, 0.15) is 18.5 Å². The van der Waals surface area contributed by atoms with Gasteiger partial charge in [-0.2, -0.15) is 0 Å². The zero-order valence-corrected chi connectivity index (χ0v) is 15.4. The Morgan fingerprint density at radius 2 is 1.92 bits per heavy atom. The molecule has 0 spiro atoms. The van der Waals surface area contributed by atoms with Crippen molar-refractivity contribution < 1.29 is 9.53 Å². The van der Waals surface area contributed by atoms with Gasteiger partial charge in [0.1, 0.15) is 0 Å². The van der Waals surface area contributed by atoms with Gasteiger partial charge in [0.2, 0.25) is 0 Å². The summed E-state index contributed by atoms with van der Waals surface area (Å²) in [7, 11) is 1.37. The molecule has 128 valence electrons.